The van der Waals surface area contributed by atoms with Gasteiger partial charge in [-0.3, -0.25) is 14.6 Å². The van der Waals surface area contributed by atoms with Gasteiger partial charge >= 0.3 is 0 Å². The van der Waals surface area contributed by atoms with E-state index in [0.717, 1.165) is 44.9 Å². The van der Waals surface area contributed by atoms with Crippen LogP contribution < -0.4 is 10.1 Å². The van der Waals surface area contributed by atoms with Crippen LogP contribution in [-0.2, 0) is 11.2 Å². The van der Waals surface area contributed by atoms with E-state index in [1.165, 1.54) is 11.1 Å². The first-order chi connectivity index (χ1) is 14.1. The van der Waals surface area contributed by atoms with Gasteiger partial charge < -0.3 is 10.1 Å². The largest absolute Gasteiger partial charge is 0.491 e. The van der Waals surface area contributed by atoms with Crippen molar-refractivity contribution >= 4 is 17.5 Å². The van der Waals surface area contributed by atoms with Gasteiger partial charge in [0.2, 0.25) is 5.91 Å². The number of ether oxygens (including phenoxy) is 1. The molecule has 0 aromatic heterocycles. The average molecular weight is 416 g/mol. The molecule has 6 heteroatoms. The van der Waals surface area contributed by atoms with Crippen molar-refractivity contribution in [3.05, 3.63) is 64.7 Å². The van der Waals surface area contributed by atoms with Crippen molar-refractivity contribution in [2.75, 3.05) is 52.4 Å². The summed E-state index contributed by atoms with van der Waals surface area (Å²) in [5.41, 5.74) is 2.57. The van der Waals surface area contributed by atoms with Crippen molar-refractivity contribution in [2.24, 2.45) is 0 Å². The predicted molar refractivity (Wildman–Crippen MR) is 118 cm³/mol. The number of amides is 1. The average Bonchev–Trinajstić information content (AvgIpc) is 2.72. The van der Waals surface area contributed by atoms with Gasteiger partial charge in [-0.05, 0) is 36.6 Å². The highest BCUT2D eigenvalue weighted by Gasteiger charge is 2.18. The number of rotatable bonds is 9. The topological polar surface area (TPSA) is 44.8 Å². The molecular weight excluding hydrogens is 386 g/mol. The van der Waals surface area contributed by atoms with Crippen molar-refractivity contribution < 1.29 is 9.53 Å². The predicted octanol–water partition coefficient (Wildman–Crippen LogP) is 3.00. The summed E-state index contributed by atoms with van der Waals surface area (Å²) in [6, 6.07) is 15.9. The number of aryl methyl sites for hydroxylation is 1. The van der Waals surface area contributed by atoms with Gasteiger partial charge in [0.25, 0.3) is 0 Å². The van der Waals surface area contributed by atoms with Crippen LogP contribution in [0.5, 0.6) is 5.75 Å². The summed E-state index contributed by atoms with van der Waals surface area (Å²) < 4.78 is 5.77. The lowest BCUT2D eigenvalue weighted by molar-refractivity contribution is -0.122. The highest BCUT2D eigenvalue weighted by atomic mass is 35.5. The van der Waals surface area contributed by atoms with Crippen LogP contribution in [0.2, 0.25) is 5.02 Å². The first kappa shape index (κ1) is 21.6. The zero-order valence-electron chi connectivity index (χ0n) is 17.1. The van der Waals surface area contributed by atoms with E-state index in [1.54, 1.807) is 0 Å². The molecule has 0 radical (unpaired) electrons. The minimum Gasteiger partial charge on any atom is -0.491 e. The van der Waals surface area contributed by atoms with Gasteiger partial charge in [0, 0.05) is 39.3 Å². The molecule has 0 unspecified atom stereocenters. The number of para-hydroxylation sites is 1. The molecule has 5 nitrogen and oxygen atoms in total. The SMILES string of the molecule is Cc1ccccc1CCNC(=O)CN1CCN(CCOc2ccccc2Cl)CC1. The Balaban J connectivity index is 1.29. The first-order valence-electron chi connectivity index (χ1n) is 10.2. The minimum atomic E-state index is 0.106. The van der Waals surface area contributed by atoms with E-state index in [9.17, 15) is 4.79 Å². The normalized spacial score (nSPS) is 15.2. The van der Waals surface area contributed by atoms with E-state index < -0.39 is 0 Å². The van der Waals surface area contributed by atoms with E-state index in [4.69, 9.17) is 16.3 Å². The van der Waals surface area contributed by atoms with Crippen LogP contribution >= 0.6 is 11.6 Å². The molecule has 156 valence electrons. The fourth-order valence-corrected chi connectivity index (χ4v) is 3.69. The first-order valence-corrected chi connectivity index (χ1v) is 10.6. The number of piperazine rings is 1. The number of hydrogen-bond donors (Lipinski definition) is 1. The zero-order valence-corrected chi connectivity index (χ0v) is 17.8. The van der Waals surface area contributed by atoms with E-state index in [2.05, 4.69) is 34.2 Å². The van der Waals surface area contributed by atoms with E-state index in [0.29, 0.717) is 24.7 Å². The number of hydrogen-bond acceptors (Lipinski definition) is 4. The number of nitrogens with zero attached hydrogens (tertiary/aromatic N) is 2. The molecule has 1 amide bonds. The molecule has 1 fully saturated rings. The Morgan fingerprint density at radius 2 is 1.72 bits per heavy atom. The third kappa shape index (κ3) is 7.03. The maximum atomic E-state index is 12.2. The molecule has 0 atom stereocenters. The number of carbonyl (C=O) groups is 1. The number of nitrogens with one attached hydrogen (secondary N) is 1. The van der Waals surface area contributed by atoms with Crippen LogP contribution in [0.15, 0.2) is 48.5 Å². The molecule has 29 heavy (non-hydrogen) atoms. The van der Waals surface area contributed by atoms with Gasteiger partial charge in [-0.2, -0.15) is 0 Å². The van der Waals surface area contributed by atoms with E-state index in [1.807, 2.05) is 36.4 Å². The van der Waals surface area contributed by atoms with Crippen molar-refractivity contribution in [3.8, 4) is 5.75 Å². The third-order valence-electron chi connectivity index (χ3n) is 5.31. The fraction of sp³-hybridized carbons (Fsp3) is 0.435. The summed E-state index contributed by atoms with van der Waals surface area (Å²) in [5.74, 6) is 0.837. The zero-order chi connectivity index (χ0) is 20.5. The fourth-order valence-electron chi connectivity index (χ4n) is 3.50. The highest BCUT2D eigenvalue weighted by molar-refractivity contribution is 6.32. The van der Waals surface area contributed by atoms with E-state index >= 15 is 0 Å². The second-order valence-corrected chi connectivity index (χ2v) is 7.83. The molecule has 1 heterocycles. The summed E-state index contributed by atoms with van der Waals surface area (Å²) >= 11 is 6.11. The maximum absolute atomic E-state index is 12.2. The second-order valence-electron chi connectivity index (χ2n) is 7.42. The van der Waals surface area contributed by atoms with Gasteiger partial charge in [0.05, 0.1) is 11.6 Å². The number of halogens is 1. The molecule has 3 rings (SSSR count). The van der Waals surface area contributed by atoms with Crippen LogP contribution in [0.4, 0.5) is 0 Å². The molecule has 0 spiro atoms. The molecule has 0 saturated carbocycles. The lowest BCUT2D eigenvalue weighted by atomic mass is 10.1. The summed E-state index contributed by atoms with van der Waals surface area (Å²) in [6.45, 7) is 8.43. The molecular formula is C23H30ClN3O2. The van der Waals surface area contributed by atoms with Crippen LogP contribution in [0.1, 0.15) is 11.1 Å². The Morgan fingerprint density at radius 3 is 2.48 bits per heavy atom. The molecule has 1 aliphatic rings. The van der Waals surface area contributed by atoms with Crippen molar-refractivity contribution in [1.29, 1.82) is 0 Å². The summed E-state index contributed by atoms with van der Waals surface area (Å²) in [6.07, 6.45) is 0.873. The van der Waals surface area contributed by atoms with Crippen LogP contribution in [0, 0.1) is 6.92 Å². The Labute approximate surface area is 178 Å². The van der Waals surface area contributed by atoms with Crippen molar-refractivity contribution in [1.82, 2.24) is 15.1 Å². The van der Waals surface area contributed by atoms with Crippen molar-refractivity contribution in [2.45, 2.75) is 13.3 Å². The van der Waals surface area contributed by atoms with Crippen molar-refractivity contribution in [3.63, 3.8) is 0 Å². The van der Waals surface area contributed by atoms with Gasteiger partial charge in [-0.1, -0.05) is 48.0 Å². The standard InChI is InChI=1S/C23H30ClN3O2/c1-19-6-2-3-7-20(19)10-11-25-23(28)18-27-14-12-26(13-15-27)16-17-29-22-9-5-4-8-21(22)24/h2-9H,10-18H2,1H3,(H,25,28). The van der Waals surface area contributed by atoms with Crippen LogP contribution in [0.3, 0.4) is 0 Å². The summed E-state index contributed by atoms with van der Waals surface area (Å²) in [7, 11) is 0. The van der Waals surface area contributed by atoms with Crippen LogP contribution in [0.25, 0.3) is 0 Å². The highest BCUT2D eigenvalue weighted by Crippen LogP contribution is 2.22. The number of benzene rings is 2. The number of carbonyl (C=O) groups excluding carboxylic acids is 1. The summed E-state index contributed by atoms with van der Waals surface area (Å²) in [5, 5.41) is 3.69. The molecule has 2 aromatic carbocycles. The smallest absolute Gasteiger partial charge is 0.234 e. The molecule has 2 aromatic rings. The lowest BCUT2D eigenvalue weighted by Crippen LogP contribution is -2.50. The molecule has 0 aliphatic carbocycles. The van der Waals surface area contributed by atoms with Gasteiger partial charge in [0.1, 0.15) is 12.4 Å². The Kier molecular flexibility index (Phi) is 8.35. The van der Waals surface area contributed by atoms with E-state index in [-0.39, 0.29) is 5.91 Å². The van der Waals surface area contributed by atoms with Gasteiger partial charge in [-0.25, -0.2) is 0 Å². The molecule has 1 N–H and O–H groups in total. The molecule has 1 aliphatic heterocycles. The Morgan fingerprint density at radius 1 is 1.03 bits per heavy atom. The van der Waals surface area contributed by atoms with Gasteiger partial charge in [0.15, 0.2) is 0 Å². The van der Waals surface area contributed by atoms with Crippen LogP contribution in [-0.4, -0.2) is 68.1 Å². The molecule has 0 bridgehead atoms. The Bertz CT molecular complexity index is 791. The summed E-state index contributed by atoms with van der Waals surface area (Å²) in [4.78, 5) is 16.8. The Hall–Kier alpha value is -2.08. The quantitative estimate of drug-likeness (QED) is 0.683. The van der Waals surface area contributed by atoms with Gasteiger partial charge in [-0.15, -0.1) is 0 Å². The maximum Gasteiger partial charge on any atom is 0.234 e. The molecule has 1 saturated heterocycles. The lowest BCUT2D eigenvalue weighted by Gasteiger charge is -2.34. The monoisotopic (exact) mass is 415 g/mol. The third-order valence-corrected chi connectivity index (χ3v) is 5.62. The minimum absolute atomic E-state index is 0.106. The second kappa shape index (κ2) is 11.2.